The van der Waals surface area contributed by atoms with Crippen LogP contribution in [0.4, 0.5) is 0 Å². The van der Waals surface area contributed by atoms with Gasteiger partial charge in [-0.15, -0.1) is 11.3 Å². The summed E-state index contributed by atoms with van der Waals surface area (Å²) in [7, 11) is 2.09. The van der Waals surface area contributed by atoms with Crippen molar-refractivity contribution in [2.45, 2.75) is 38.6 Å². The molecule has 0 bridgehead atoms. The molecule has 1 fully saturated rings. The lowest BCUT2D eigenvalue weighted by molar-refractivity contribution is 0.395. The zero-order chi connectivity index (χ0) is 10.8. The molecule has 0 aromatic carbocycles. The summed E-state index contributed by atoms with van der Waals surface area (Å²) in [5.41, 5.74) is 1.37. The summed E-state index contributed by atoms with van der Waals surface area (Å²) >= 11 is 5.50. The third-order valence-electron chi connectivity index (χ3n) is 3.37. The van der Waals surface area contributed by atoms with Gasteiger partial charge in [0.25, 0.3) is 0 Å². The first-order chi connectivity index (χ1) is 7.22. The van der Waals surface area contributed by atoms with E-state index in [1.165, 1.54) is 39.9 Å². The van der Waals surface area contributed by atoms with E-state index in [1.54, 1.807) is 0 Å². The van der Waals surface area contributed by atoms with E-state index in [2.05, 4.69) is 41.3 Å². The first-order valence-corrected chi connectivity index (χ1v) is 7.26. The van der Waals surface area contributed by atoms with Gasteiger partial charge in [0.1, 0.15) is 0 Å². The molecule has 1 nitrogen and oxygen atoms in total. The fourth-order valence-electron chi connectivity index (χ4n) is 2.54. The SMILES string of the molecule is CNC(c1cc(C)c(Br)s1)C1CCCC1. The minimum Gasteiger partial charge on any atom is -0.312 e. The molecular formula is C12H18BrNS. The first kappa shape index (κ1) is 11.6. The molecule has 1 unspecified atom stereocenters. The molecule has 1 aliphatic rings. The molecule has 1 saturated carbocycles. The number of nitrogens with one attached hydrogen (secondary N) is 1. The minimum atomic E-state index is 0.572. The summed E-state index contributed by atoms with van der Waals surface area (Å²) in [5, 5.41) is 3.49. The maximum atomic E-state index is 3.61. The number of hydrogen-bond donors (Lipinski definition) is 1. The average molecular weight is 288 g/mol. The molecule has 15 heavy (non-hydrogen) atoms. The van der Waals surface area contributed by atoms with Crippen molar-refractivity contribution in [2.75, 3.05) is 7.05 Å². The van der Waals surface area contributed by atoms with Crippen LogP contribution in [0.15, 0.2) is 9.85 Å². The monoisotopic (exact) mass is 287 g/mol. The van der Waals surface area contributed by atoms with Gasteiger partial charge in [0.2, 0.25) is 0 Å². The molecule has 84 valence electrons. The average Bonchev–Trinajstić information content (AvgIpc) is 2.80. The van der Waals surface area contributed by atoms with Crippen molar-refractivity contribution in [2.24, 2.45) is 5.92 Å². The van der Waals surface area contributed by atoms with Crippen LogP contribution < -0.4 is 5.32 Å². The van der Waals surface area contributed by atoms with E-state index < -0.39 is 0 Å². The second-order valence-electron chi connectivity index (χ2n) is 4.42. The van der Waals surface area contributed by atoms with Crippen LogP contribution in [0.1, 0.15) is 42.2 Å². The number of halogens is 1. The highest BCUT2D eigenvalue weighted by molar-refractivity contribution is 9.11. The van der Waals surface area contributed by atoms with Crippen molar-refractivity contribution in [3.05, 3.63) is 20.3 Å². The van der Waals surface area contributed by atoms with E-state index in [4.69, 9.17) is 0 Å². The molecule has 0 amide bonds. The summed E-state index contributed by atoms with van der Waals surface area (Å²) in [6.45, 7) is 2.17. The predicted octanol–water partition coefficient (Wildman–Crippen LogP) is 4.27. The van der Waals surface area contributed by atoms with Crippen LogP contribution >= 0.6 is 27.3 Å². The normalized spacial score (nSPS) is 19.7. The molecule has 1 aromatic heterocycles. The van der Waals surface area contributed by atoms with Gasteiger partial charge in [0.15, 0.2) is 0 Å². The van der Waals surface area contributed by atoms with Gasteiger partial charge in [-0.3, -0.25) is 0 Å². The van der Waals surface area contributed by atoms with Gasteiger partial charge in [0, 0.05) is 10.9 Å². The van der Waals surface area contributed by atoms with Crippen molar-refractivity contribution in [3.8, 4) is 0 Å². The van der Waals surface area contributed by atoms with E-state index in [0.717, 1.165) is 5.92 Å². The van der Waals surface area contributed by atoms with E-state index >= 15 is 0 Å². The molecule has 1 aliphatic carbocycles. The van der Waals surface area contributed by atoms with E-state index in [1.807, 2.05) is 11.3 Å². The molecule has 1 atom stereocenters. The van der Waals surface area contributed by atoms with Gasteiger partial charge in [-0.05, 0) is 60.3 Å². The van der Waals surface area contributed by atoms with Crippen molar-refractivity contribution >= 4 is 27.3 Å². The molecule has 0 saturated heterocycles. The zero-order valence-electron chi connectivity index (χ0n) is 9.35. The van der Waals surface area contributed by atoms with Crippen LogP contribution in [0, 0.1) is 12.8 Å². The van der Waals surface area contributed by atoms with Gasteiger partial charge in [-0.2, -0.15) is 0 Å². The lowest BCUT2D eigenvalue weighted by Crippen LogP contribution is -2.22. The molecule has 0 aliphatic heterocycles. The maximum Gasteiger partial charge on any atom is 0.0731 e. The van der Waals surface area contributed by atoms with E-state index in [-0.39, 0.29) is 0 Å². The number of rotatable bonds is 3. The summed E-state index contributed by atoms with van der Waals surface area (Å²) in [6.07, 6.45) is 5.60. The Morgan fingerprint density at radius 2 is 2.13 bits per heavy atom. The molecule has 0 spiro atoms. The summed E-state index contributed by atoms with van der Waals surface area (Å²) in [4.78, 5) is 1.49. The quantitative estimate of drug-likeness (QED) is 0.876. The van der Waals surface area contributed by atoms with Crippen LogP contribution in [0.25, 0.3) is 0 Å². The Balaban J connectivity index is 2.18. The van der Waals surface area contributed by atoms with Gasteiger partial charge < -0.3 is 5.32 Å². The Bertz CT molecular complexity index is 309. The zero-order valence-corrected chi connectivity index (χ0v) is 11.7. The van der Waals surface area contributed by atoms with Crippen LogP contribution in [-0.2, 0) is 0 Å². The van der Waals surface area contributed by atoms with Crippen molar-refractivity contribution < 1.29 is 0 Å². The summed E-state index contributed by atoms with van der Waals surface area (Å²) in [6, 6.07) is 2.90. The Hall–Kier alpha value is 0.140. The molecule has 1 heterocycles. The first-order valence-electron chi connectivity index (χ1n) is 5.65. The molecule has 1 aromatic rings. The van der Waals surface area contributed by atoms with Crippen LogP contribution in [0.3, 0.4) is 0 Å². The second-order valence-corrected chi connectivity index (χ2v) is 6.82. The standard InChI is InChI=1S/C12H18BrNS/c1-8-7-10(15-12(8)13)11(14-2)9-5-3-4-6-9/h7,9,11,14H,3-6H2,1-2H3. The molecular weight excluding hydrogens is 270 g/mol. The number of aryl methyl sites for hydroxylation is 1. The molecule has 1 N–H and O–H groups in total. The maximum absolute atomic E-state index is 3.61. The van der Waals surface area contributed by atoms with Gasteiger partial charge in [-0.25, -0.2) is 0 Å². The largest absolute Gasteiger partial charge is 0.312 e. The van der Waals surface area contributed by atoms with Gasteiger partial charge in [0.05, 0.1) is 3.79 Å². The Morgan fingerprint density at radius 1 is 1.47 bits per heavy atom. The van der Waals surface area contributed by atoms with Crippen molar-refractivity contribution in [1.82, 2.24) is 5.32 Å². The van der Waals surface area contributed by atoms with Gasteiger partial charge >= 0.3 is 0 Å². The highest BCUT2D eigenvalue weighted by Crippen LogP contribution is 2.40. The fourth-order valence-corrected chi connectivity index (χ4v) is 4.31. The highest BCUT2D eigenvalue weighted by atomic mass is 79.9. The summed E-state index contributed by atoms with van der Waals surface area (Å²) in [5.74, 6) is 0.847. The third-order valence-corrected chi connectivity index (χ3v) is 5.58. The second kappa shape index (κ2) is 4.98. The topological polar surface area (TPSA) is 12.0 Å². The Morgan fingerprint density at radius 3 is 2.60 bits per heavy atom. The fraction of sp³-hybridized carbons (Fsp3) is 0.667. The van der Waals surface area contributed by atoms with Crippen molar-refractivity contribution in [1.29, 1.82) is 0 Å². The lowest BCUT2D eigenvalue weighted by atomic mass is 9.97. The minimum absolute atomic E-state index is 0.572. The van der Waals surface area contributed by atoms with E-state index in [9.17, 15) is 0 Å². The molecule has 0 radical (unpaired) electrons. The smallest absolute Gasteiger partial charge is 0.0731 e. The highest BCUT2D eigenvalue weighted by Gasteiger charge is 2.26. The summed E-state index contributed by atoms with van der Waals surface area (Å²) < 4.78 is 1.29. The predicted molar refractivity (Wildman–Crippen MR) is 70.5 cm³/mol. The lowest BCUT2D eigenvalue weighted by Gasteiger charge is -2.21. The Kier molecular flexibility index (Phi) is 3.86. The van der Waals surface area contributed by atoms with Gasteiger partial charge in [-0.1, -0.05) is 12.8 Å². The number of thiophene rings is 1. The third kappa shape index (κ3) is 2.45. The molecule has 2 rings (SSSR count). The van der Waals surface area contributed by atoms with Crippen molar-refractivity contribution in [3.63, 3.8) is 0 Å². The Labute approximate surface area is 104 Å². The number of hydrogen-bond acceptors (Lipinski definition) is 2. The van der Waals surface area contributed by atoms with Crippen LogP contribution in [0.2, 0.25) is 0 Å². The van der Waals surface area contributed by atoms with E-state index in [0.29, 0.717) is 6.04 Å². The van der Waals surface area contributed by atoms with Crippen LogP contribution in [-0.4, -0.2) is 7.05 Å². The van der Waals surface area contributed by atoms with Crippen LogP contribution in [0.5, 0.6) is 0 Å². The molecule has 3 heteroatoms.